The van der Waals surface area contributed by atoms with Crippen molar-refractivity contribution in [3.63, 3.8) is 0 Å². The average Bonchev–Trinajstić information content (AvgIpc) is 2.55. The molecule has 1 aliphatic heterocycles. The second-order valence-electron chi connectivity index (χ2n) is 5.96. The van der Waals surface area contributed by atoms with Gasteiger partial charge in [0.25, 0.3) is 5.69 Å². The predicted octanol–water partition coefficient (Wildman–Crippen LogP) is 3.52. The Kier molecular flexibility index (Phi) is 4.59. The van der Waals surface area contributed by atoms with Crippen LogP contribution in [0.2, 0.25) is 0 Å². The minimum Gasteiger partial charge on any atom is -0.369 e. The first-order valence-electron chi connectivity index (χ1n) is 7.92. The Labute approximate surface area is 139 Å². The zero-order valence-corrected chi connectivity index (χ0v) is 13.4. The largest absolute Gasteiger partial charge is 0.369 e. The number of halogens is 1. The number of nitrogens with one attached hydrogen (secondary N) is 1. The van der Waals surface area contributed by atoms with Crippen LogP contribution in [0.4, 0.5) is 21.6 Å². The highest BCUT2D eigenvalue weighted by Crippen LogP contribution is 2.27. The van der Waals surface area contributed by atoms with E-state index in [0.29, 0.717) is 18.8 Å². The quantitative estimate of drug-likeness (QED) is 0.686. The van der Waals surface area contributed by atoms with E-state index in [1.807, 2.05) is 30.0 Å². The standard InChI is InChI=1S/C17H19FN4O2/c1-12-3-2-4-17(19-12)20-13-7-9-21(10-8-13)16-6-5-14(22(23)24)11-15(16)18/h2-6,11,13H,7-10H2,1H3,(H,19,20). The van der Waals surface area contributed by atoms with Crippen LogP contribution in [0.5, 0.6) is 0 Å². The van der Waals surface area contributed by atoms with Crippen LogP contribution in [-0.2, 0) is 0 Å². The highest BCUT2D eigenvalue weighted by Gasteiger charge is 2.22. The van der Waals surface area contributed by atoms with Crippen LogP contribution < -0.4 is 10.2 Å². The third-order valence-corrected chi connectivity index (χ3v) is 4.22. The van der Waals surface area contributed by atoms with Crippen LogP contribution >= 0.6 is 0 Å². The van der Waals surface area contributed by atoms with Crippen molar-refractivity contribution >= 4 is 17.2 Å². The molecule has 0 bridgehead atoms. The van der Waals surface area contributed by atoms with E-state index in [4.69, 9.17) is 0 Å². The van der Waals surface area contributed by atoms with Crippen LogP contribution in [-0.4, -0.2) is 29.0 Å². The van der Waals surface area contributed by atoms with Gasteiger partial charge in [0.15, 0.2) is 5.82 Å². The third kappa shape index (κ3) is 3.61. The average molecular weight is 330 g/mol. The molecular formula is C17H19FN4O2. The van der Waals surface area contributed by atoms with Crippen molar-refractivity contribution in [1.82, 2.24) is 4.98 Å². The molecule has 0 aliphatic carbocycles. The minimum absolute atomic E-state index is 0.224. The van der Waals surface area contributed by atoms with Crippen molar-refractivity contribution in [2.24, 2.45) is 0 Å². The number of nitro benzene ring substituents is 1. The van der Waals surface area contributed by atoms with Gasteiger partial charge in [0, 0.05) is 30.9 Å². The number of aromatic nitrogens is 1. The molecule has 0 radical (unpaired) electrons. The molecule has 1 aromatic heterocycles. The molecule has 2 heterocycles. The van der Waals surface area contributed by atoms with E-state index in [2.05, 4.69) is 10.3 Å². The Morgan fingerprint density at radius 2 is 2.04 bits per heavy atom. The van der Waals surface area contributed by atoms with Crippen molar-refractivity contribution < 1.29 is 9.31 Å². The summed E-state index contributed by atoms with van der Waals surface area (Å²) < 4.78 is 14.1. The highest BCUT2D eigenvalue weighted by molar-refractivity contribution is 5.53. The molecule has 1 fully saturated rings. The third-order valence-electron chi connectivity index (χ3n) is 4.22. The fraction of sp³-hybridized carbons (Fsp3) is 0.353. The summed E-state index contributed by atoms with van der Waals surface area (Å²) in [5.74, 6) is 0.311. The first kappa shape index (κ1) is 16.2. The Morgan fingerprint density at radius 1 is 1.29 bits per heavy atom. The van der Waals surface area contributed by atoms with Crippen LogP contribution in [0.15, 0.2) is 36.4 Å². The van der Waals surface area contributed by atoms with Crippen LogP contribution in [0.25, 0.3) is 0 Å². The van der Waals surface area contributed by atoms with Crippen molar-refractivity contribution in [2.75, 3.05) is 23.3 Å². The van der Waals surface area contributed by atoms with Crippen molar-refractivity contribution in [3.8, 4) is 0 Å². The molecule has 3 rings (SSSR count). The van der Waals surface area contributed by atoms with Gasteiger partial charge in [-0.15, -0.1) is 0 Å². The van der Waals surface area contributed by atoms with E-state index in [0.717, 1.165) is 30.4 Å². The monoisotopic (exact) mass is 330 g/mol. The van der Waals surface area contributed by atoms with Crippen LogP contribution in [0.1, 0.15) is 18.5 Å². The molecule has 0 saturated carbocycles. The second-order valence-corrected chi connectivity index (χ2v) is 5.96. The molecule has 2 aromatic rings. The molecule has 0 unspecified atom stereocenters. The topological polar surface area (TPSA) is 71.3 Å². The van der Waals surface area contributed by atoms with Crippen molar-refractivity contribution in [3.05, 3.63) is 58.0 Å². The lowest BCUT2D eigenvalue weighted by Gasteiger charge is -2.34. The fourth-order valence-electron chi connectivity index (χ4n) is 2.96. The van der Waals surface area contributed by atoms with E-state index >= 15 is 0 Å². The predicted molar refractivity (Wildman–Crippen MR) is 90.9 cm³/mol. The van der Waals surface area contributed by atoms with E-state index in [1.54, 1.807) is 0 Å². The van der Waals surface area contributed by atoms with Gasteiger partial charge < -0.3 is 10.2 Å². The summed E-state index contributed by atoms with van der Waals surface area (Å²) in [6, 6.07) is 9.96. The molecule has 1 saturated heterocycles. The zero-order chi connectivity index (χ0) is 17.1. The molecule has 6 nitrogen and oxygen atoms in total. The number of anilines is 2. The summed E-state index contributed by atoms with van der Waals surface area (Å²) in [5, 5.41) is 14.1. The summed E-state index contributed by atoms with van der Waals surface area (Å²) in [5.41, 5.74) is 1.16. The Bertz CT molecular complexity index is 745. The molecule has 0 atom stereocenters. The number of aryl methyl sites for hydroxylation is 1. The van der Waals surface area contributed by atoms with Gasteiger partial charge in [0.1, 0.15) is 5.82 Å². The molecule has 7 heteroatoms. The molecular weight excluding hydrogens is 311 g/mol. The lowest BCUT2D eigenvalue weighted by atomic mass is 10.0. The van der Waals surface area contributed by atoms with Crippen LogP contribution in [0, 0.1) is 22.9 Å². The summed E-state index contributed by atoms with van der Waals surface area (Å²) in [7, 11) is 0. The maximum atomic E-state index is 14.1. The van der Waals surface area contributed by atoms with Gasteiger partial charge in [-0.2, -0.15) is 0 Å². The van der Waals surface area contributed by atoms with E-state index in [9.17, 15) is 14.5 Å². The summed E-state index contributed by atoms with van der Waals surface area (Å²) in [6.45, 7) is 3.33. The number of hydrogen-bond acceptors (Lipinski definition) is 5. The summed E-state index contributed by atoms with van der Waals surface area (Å²) in [6.07, 6.45) is 1.71. The highest BCUT2D eigenvalue weighted by atomic mass is 19.1. The molecule has 126 valence electrons. The summed E-state index contributed by atoms with van der Waals surface area (Å²) >= 11 is 0. The number of non-ortho nitro benzene ring substituents is 1. The van der Waals surface area contributed by atoms with Crippen molar-refractivity contribution in [2.45, 2.75) is 25.8 Å². The van der Waals surface area contributed by atoms with Gasteiger partial charge in [0.2, 0.25) is 0 Å². The number of hydrogen-bond donors (Lipinski definition) is 1. The number of rotatable bonds is 4. The molecule has 1 N–H and O–H groups in total. The molecule has 0 spiro atoms. The second kappa shape index (κ2) is 6.82. The van der Waals surface area contributed by atoms with Gasteiger partial charge in [-0.3, -0.25) is 10.1 Å². The zero-order valence-electron chi connectivity index (χ0n) is 13.4. The Hall–Kier alpha value is -2.70. The molecule has 0 amide bonds. The summed E-state index contributed by atoms with van der Waals surface area (Å²) in [4.78, 5) is 16.5. The fourth-order valence-corrected chi connectivity index (χ4v) is 2.96. The van der Waals surface area contributed by atoms with Gasteiger partial charge >= 0.3 is 0 Å². The van der Waals surface area contributed by atoms with E-state index < -0.39 is 10.7 Å². The number of nitro groups is 1. The van der Waals surface area contributed by atoms with Crippen LogP contribution in [0.3, 0.4) is 0 Å². The SMILES string of the molecule is Cc1cccc(NC2CCN(c3ccc([N+](=O)[O-])cc3F)CC2)n1. The van der Waals surface area contributed by atoms with Gasteiger partial charge in [-0.1, -0.05) is 6.07 Å². The number of piperidine rings is 1. The van der Waals surface area contributed by atoms with E-state index in [-0.39, 0.29) is 11.7 Å². The van der Waals surface area contributed by atoms with E-state index in [1.165, 1.54) is 12.1 Å². The number of benzene rings is 1. The van der Waals surface area contributed by atoms with Gasteiger partial charge in [0.05, 0.1) is 16.7 Å². The lowest BCUT2D eigenvalue weighted by molar-refractivity contribution is -0.385. The van der Waals surface area contributed by atoms with Gasteiger partial charge in [-0.05, 0) is 38.0 Å². The number of pyridine rings is 1. The molecule has 24 heavy (non-hydrogen) atoms. The minimum atomic E-state index is -0.585. The lowest BCUT2D eigenvalue weighted by Crippen LogP contribution is -2.39. The van der Waals surface area contributed by atoms with Gasteiger partial charge in [-0.25, -0.2) is 9.37 Å². The first-order valence-corrected chi connectivity index (χ1v) is 7.92. The van der Waals surface area contributed by atoms with Crippen molar-refractivity contribution in [1.29, 1.82) is 0 Å². The first-order chi connectivity index (χ1) is 11.5. The smallest absolute Gasteiger partial charge is 0.272 e. The Morgan fingerprint density at radius 3 is 2.67 bits per heavy atom. The molecule has 1 aliphatic rings. The normalized spacial score (nSPS) is 15.3. The Balaban J connectivity index is 1.62. The maximum absolute atomic E-state index is 14.1. The maximum Gasteiger partial charge on any atom is 0.272 e. The molecule has 1 aromatic carbocycles. The number of nitrogens with zero attached hydrogens (tertiary/aromatic N) is 3.